The van der Waals surface area contributed by atoms with E-state index in [0.29, 0.717) is 40.2 Å². The van der Waals surface area contributed by atoms with Crippen LogP contribution in [0.1, 0.15) is 72.7 Å². The Labute approximate surface area is 188 Å². The number of carbonyl (C=O) groups is 2. The fourth-order valence-corrected chi connectivity index (χ4v) is 4.74. The number of carbonyl (C=O) groups excluding carboxylic acids is 2. The van der Waals surface area contributed by atoms with E-state index < -0.39 is 0 Å². The summed E-state index contributed by atoms with van der Waals surface area (Å²) in [6.45, 7) is 3.36. The van der Waals surface area contributed by atoms with E-state index >= 15 is 0 Å². The van der Waals surface area contributed by atoms with Gasteiger partial charge in [0.15, 0.2) is 0 Å². The second kappa shape index (κ2) is 9.77. The third-order valence-electron chi connectivity index (χ3n) is 6.50. The molecule has 1 N–H and O–H groups in total. The van der Waals surface area contributed by atoms with Crippen LogP contribution in [0.3, 0.4) is 0 Å². The first-order valence-corrected chi connectivity index (χ1v) is 11.6. The van der Waals surface area contributed by atoms with Gasteiger partial charge in [-0.15, -0.1) is 0 Å². The Morgan fingerprint density at radius 2 is 1.77 bits per heavy atom. The average Bonchev–Trinajstić information content (AvgIpc) is 3.28. The summed E-state index contributed by atoms with van der Waals surface area (Å²) in [7, 11) is 0. The van der Waals surface area contributed by atoms with E-state index in [2.05, 4.69) is 15.3 Å². The van der Waals surface area contributed by atoms with E-state index in [1.165, 1.54) is 25.7 Å². The van der Waals surface area contributed by atoms with Gasteiger partial charge >= 0.3 is 0 Å². The molecule has 1 aromatic heterocycles. The molecule has 0 spiro atoms. The second-order valence-corrected chi connectivity index (χ2v) is 9.13. The van der Waals surface area contributed by atoms with Gasteiger partial charge in [-0.1, -0.05) is 24.4 Å². The first-order chi connectivity index (χ1) is 15.0. The van der Waals surface area contributed by atoms with Crippen LogP contribution in [-0.4, -0.2) is 39.8 Å². The third kappa shape index (κ3) is 5.42. The lowest BCUT2D eigenvalue weighted by molar-refractivity contribution is -0.133. The molecule has 4 rings (SSSR count). The Kier molecular flexibility index (Phi) is 6.86. The van der Waals surface area contributed by atoms with Crippen LogP contribution in [0.15, 0.2) is 30.5 Å². The number of rotatable bonds is 5. The lowest BCUT2D eigenvalue weighted by Crippen LogP contribution is -2.38. The number of halogens is 1. The van der Waals surface area contributed by atoms with Crippen molar-refractivity contribution in [3.8, 4) is 0 Å². The maximum Gasteiger partial charge on any atom is 0.259 e. The minimum Gasteiger partial charge on any atom is -0.343 e. The zero-order valence-corrected chi connectivity index (χ0v) is 18.7. The smallest absolute Gasteiger partial charge is 0.259 e. The molecule has 0 radical (unpaired) electrons. The molecule has 1 aliphatic carbocycles. The summed E-state index contributed by atoms with van der Waals surface area (Å²) in [6, 6.07) is 6.97. The predicted molar refractivity (Wildman–Crippen MR) is 121 cm³/mol. The van der Waals surface area contributed by atoms with Crippen LogP contribution in [-0.2, 0) is 4.79 Å². The van der Waals surface area contributed by atoms with Crippen molar-refractivity contribution in [1.29, 1.82) is 0 Å². The number of aryl methyl sites for hydroxylation is 1. The highest BCUT2D eigenvalue weighted by atomic mass is 35.5. The normalized spacial score (nSPS) is 17.7. The van der Waals surface area contributed by atoms with E-state index in [1.807, 2.05) is 11.8 Å². The van der Waals surface area contributed by atoms with Crippen LogP contribution in [0.25, 0.3) is 0 Å². The lowest BCUT2D eigenvalue weighted by Gasteiger charge is -2.32. The van der Waals surface area contributed by atoms with E-state index in [0.717, 1.165) is 31.8 Å². The Balaban J connectivity index is 1.33. The number of anilines is 1. The molecule has 1 aliphatic heterocycles. The van der Waals surface area contributed by atoms with Crippen LogP contribution >= 0.6 is 11.6 Å². The minimum absolute atomic E-state index is 0.225. The van der Waals surface area contributed by atoms with Crippen molar-refractivity contribution in [2.75, 3.05) is 18.4 Å². The van der Waals surface area contributed by atoms with Crippen LogP contribution in [0.4, 0.5) is 5.69 Å². The molecule has 2 aliphatic rings. The van der Waals surface area contributed by atoms with Gasteiger partial charge in [-0.3, -0.25) is 9.59 Å². The topological polar surface area (TPSA) is 75.2 Å². The summed E-state index contributed by atoms with van der Waals surface area (Å²) in [5.41, 5.74) is 1.80. The van der Waals surface area contributed by atoms with Crippen molar-refractivity contribution >= 4 is 29.1 Å². The van der Waals surface area contributed by atoms with Gasteiger partial charge < -0.3 is 10.2 Å². The maximum atomic E-state index is 12.6. The van der Waals surface area contributed by atoms with Gasteiger partial charge in [0.05, 0.1) is 11.3 Å². The predicted octanol–water partition coefficient (Wildman–Crippen LogP) is 4.98. The largest absolute Gasteiger partial charge is 0.343 e. The highest BCUT2D eigenvalue weighted by molar-refractivity contribution is 6.30. The number of nitrogens with zero attached hydrogens (tertiary/aromatic N) is 3. The van der Waals surface area contributed by atoms with Gasteiger partial charge in [0.1, 0.15) is 5.82 Å². The molecule has 0 atom stereocenters. The van der Waals surface area contributed by atoms with Gasteiger partial charge in [-0.05, 0) is 62.8 Å². The number of likely N-dealkylation sites (tertiary alicyclic amines) is 1. The molecule has 2 fully saturated rings. The minimum atomic E-state index is -0.237. The first kappa shape index (κ1) is 21.8. The molecule has 7 heteroatoms. The summed E-state index contributed by atoms with van der Waals surface area (Å²) >= 11 is 5.89. The Morgan fingerprint density at radius 1 is 1.10 bits per heavy atom. The molecule has 1 saturated carbocycles. The fraction of sp³-hybridized carbons (Fsp3) is 0.500. The van der Waals surface area contributed by atoms with Crippen molar-refractivity contribution in [3.63, 3.8) is 0 Å². The summed E-state index contributed by atoms with van der Waals surface area (Å²) in [5, 5.41) is 3.47. The summed E-state index contributed by atoms with van der Waals surface area (Å²) in [4.78, 5) is 36.3. The molecule has 164 valence electrons. The molecule has 31 heavy (non-hydrogen) atoms. The van der Waals surface area contributed by atoms with E-state index in [4.69, 9.17) is 11.6 Å². The van der Waals surface area contributed by atoms with E-state index in [1.54, 1.807) is 30.5 Å². The van der Waals surface area contributed by atoms with Gasteiger partial charge in [-0.2, -0.15) is 0 Å². The van der Waals surface area contributed by atoms with Gasteiger partial charge in [0.25, 0.3) is 5.91 Å². The third-order valence-corrected chi connectivity index (χ3v) is 6.75. The SMILES string of the molecule is Cc1nc(C2CCN(C(=O)CC3CCCC3)CC2)ncc1C(=O)Nc1ccc(Cl)cc1. The van der Waals surface area contributed by atoms with Crippen LogP contribution in [0.5, 0.6) is 0 Å². The number of aromatic nitrogens is 2. The van der Waals surface area contributed by atoms with Crippen LogP contribution in [0.2, 0.25) is 5.02 Å². The number of nitrogens with one attached hydrogen (secondary N) is 1. The average molecular weight is 441 g/mol. The molecular formula is C24H29ClN4O2. The molecule has 2 heterocycles. The fourth-order valence-electron chi connectivity index (χ4n) is 4.61. The number of hydrogen-bond acceptors (Lipinski definition) is 4. The molecule has 1 aromatic carbocycles. The van der Waals surface area contributed by atoms with Crippen molar-refractivity contribution in [1.82, 2.24) is 14.9 Å². The van der Waals surface area contributed by atoms with Crippen molar-refractivity contribution in [2.24, 2.45) is 5.92 Å². The lowest BCUT2D eigenvalue weighted by atomic mass is 9.94. The molecular weight excluding hydrogens is 412 g/mol. The van der Waals surface area contributed by atoms with Crippen molar-refractivity contribution in [3.05, 3.63) is 52.6 Å². The standard InChI is InChI=1S/C24H29ClN4O2/c1-16-21(24(31)28-20-8-6-19(25)7-9-20)15-26-23(27-16)18-10-12-29(13-11-18)22(30)14-17-4-2-3-5-17/h6-9,15,17-18H,2-5,10-14H2,1H3,(H,28,31). The molecule has 0 bridgehead atoms. The second-order valence-electron chi connectivity index (χ2n) is 8.70. The molecule has 6 nitrogen and oxygen atoms in total. The zero-order chi connectivity index (χ0) is 21.8. The molecule has 2 amide bonds. The van der Waals surface area contributed by atoms with Crippen LogP contribution < -0.4 is 5.32 Å². The van der Waals surface area contributed by atoms with Gasteiger partial charge in [-0.25, -0.2) is 9.97 Å². The molecule has 0 unspecified atom stereocenters. The summed E-state index contributed by atoms with van der Waals surface area (Å²) in [5.74, 6) is 1.64. The van der Waals surface area contributed by atoms with Crippen molar-refractivity contribution in [2.45, 2.75) is 57.8 Å². The number of amides is 2. The first-order valence-electron chi connectivity index (χ1n) is 11.2. The zero-order valence-electron chi connectivity index (χ0n) is 17.9. The maximum absolute atomic E-state index is 12.6. The Morgan fingerprint density at radius 3 is 2.42 bits per heavy atom. The molecule has 2 aromatic rings. The monoisotopic (exact) mass is 440 g/mol. The molecule has 1 saturated heterocycles. The van der Waals surface area contributed by atoms with Crippen molar-refractivity contribution < 1.29 is 9.59 Å². The Bertz CT molecular complexity index is 933. The summed E-state index contributed by atoms with van der Waals surface area (Å²) < 4.78 is 0. The summed E-state index contributed by atoms with van der Waals surface area (Å²) in [6.07, 6.45) is 8.99. The Hall–Kier alpha value is -2.47. The van der Waals surface area contributed by atoms with Crippen LogP contribution in [0, 0.1) is 12.8 Å². The number of piperidine rings is 1. The highest BCUT2D eigenvalue weighted by Gasteiger charge is 2.28. The highest BCUT2D eigenvalue weighted by Crippen LogP contribution is 2.30. The van der Waals surface area contributed by atoms with E-state index in [-0.39, 0.29) is 11.8 Å². The number of hydrogen-bond donors (Lipinski definition) is 1. The van der Waals surface area contributed by atoms with E-state index in [9.17, 15) is 9.59 Å². The quantitative estimate of drug-likeness (QED) is 0.711. The van der Waals surface area contributed by atoms with Gasteiger partial charge in [0.2, 0.25) is 5.91 Å². The number of benzene rings is 1. The van der Waals surface area contributed by atoms with Gasteiger partial charge in [0, 0.05) is 42.3 Å².